The molecule has 1 heterocycles. The first-order valence-electron chi connectivity index (χ1n) is 10.4. The Balaban J connectivity index is 2.36. The average molecular weight is 433 g/mol. The number of fused-ring (bicyclic) bond motifs is 1. The topological polar surface area (TPSA) is 80.3 Å². The molecule has 0 amide bonds. The van der Waals surface area contributed by atoms with Gasteiger partial charge in [0.2, 0.25) is 0 Å². The highest BCUT2D eigenvalue weighted by atomic mass is 16.7. The number of ether oxygens (including phenoxy) is 5. The van der Waals surface area contributed by atoms with Crippen molar-refractivity contribution in [1.29, 1.82) is 0 Å². The molecule has 0 fully saturated rings. The van der Waals surface area contributed by atoms with Crippen LogP contribution in [0.2, 0.25) is 0 Å². The van der Waals surface area contributed by atoms with Crippen molar-refractivity contribution in [2.45, 2.75) is 44.8 Å². The first-order chi connectivity index (χ1) is 15.0. The van der Waals surface area contributed by atoms with Crippen molar-refractivity contribution in [3.05, 3.63) is 53.6 Å². The van der Waals surface area contributed by atoms with E-state index in [1.165, 1.54) is 20.3 Å². The highest BCUT2D eigenvalue weighted by molar-refractivity contribution is 5.94. The van der Waals surface area contributed by atoms with Crippen molar-refractivity contribution < 1.29 is 33.3 Å². The molecule has 0 aliphatic carbocycles. The van der Waals surface area contributed by atoms with Gasteiger partial charge in [-0.15, -0.1) is 0 Å². The minimum absolute atomic E-state index is 0.147. The molecule has 0 spiro atoms. The van der Waals surface area contributed by atoms with Crippen molar-refractivity contribution in [3.8, 4) is 5.75 Å². The normalized spacial score (nSPS) is 23.2. The van der Waals surface area contributed by atoms with E-state index in [1.807, 2.05) is 18.2 Å². The Morgan fingerprint density at radius 2 is 2.03 bits per heavy atom. The molecule has 0 aromatic heterocycles. The van der Waals surface area contributed by atoms with Gasteiger partial charge in [0.25, 0.3) is 0 Å². The third kappa shape index (κ3) is 7.52. The van der Waals surface area contributed by atoms with Crippen molar-refractivity contribution in [1.82, 2.24) is 0 Å². The average Bonchev–Trinajstić information content (AvgIpc) is 2.77. The van der Waals surface area contributed by atoms with E-state index in [0.29, 0.717) is 30.6 Å². The Labute approximate surface area is 184 Å². The number of esters is 2. The van der Waals surface area contributed by atoms with Gasteiger partial charge in [-0.3, -0.25) is 0 Å². The molecule has 1 aliphatic heterocycles. The van der Waals surface area contributed by atoms with E-state index in [-0.39, 0.29) is 18.8 Å². The fourth-order valence-electron chi connectivity index (χ4n) is 3.49. The zero-order valence-electron chi connectivity index (χ0n) is 18.7. The smallest absolute Gasteiger partial charge is 0.342 e. The molecule has 7 heteroatoms. The second kappa shape index (κ2) is 12.9. The van der Waals surface area contributed by atoms with Crippen LogP contribution in [0.15, 0.2) is 42.5 Å². The van der Waals surface area contributed by atoms with Crippen LogP contribution < -0.4 is 4.74 Å². The SMILES string of the molecule is COCO[C@@H]1C[C@H](C/C=C/C(=O)OC)OC(=O)c2c(cccc2OC)C/C=C/C[C@@H]1C. The van der Waals surface area contributed by atoms with E-state index in [2.05, 4.69) is 17.7 Å². The fraction of sp³-hybridized carbons (Fsp3) is 0.500. The first-order valence-corrected chi connectivity index (χ1v) is 10.4. The minimum Gasteiger partial charge on any atom is -0.496 e. The number of rotatable bonds is 7. The first kappa shape index (κ1) is 24.6. The summed E-state index contributed by atoms with van der Waals surface area (Å²) in [7, 11) is 4.41. The number of carbonyl (C=O) groups excluding carboxylic acids is 2. The fourth-order valence-corrected chi connectivity index (χ4v) is 3.49. The number of allylic oxidation sites excluding steroid dienone is 2. The second-order valence-corrected chi connectivity index (χ2v) is 7.42. The third-order valence-corrected chi connectivity index (χ3v) is 5.21. The van der Waals surface area contributed by atoms with Crippen LogP contribution in [0.1, 0.15) is 42.1 Å². The summed E-state index contributed by atoms with van der Waals surface area (Å²) in [6.07, 6.45) is 8.65. The van der Waals surface area contributed by atoms with Crippen LogP contribution in [0.3, 0.4) is 0 Å². The molecule has 0 radical (unpaired) electrons. The van der Waals surface area contributed by atoms with Gasteiger partial charge in [0.05, 0.1) is 20.3 Å². The molecule has 1 aliphatic rings. The Morgan fingerprint density at radius 3 is 2.74 bits per heavy atom. The lowest BCUT2D eigenvalue weighted by molar-refractivity contribution is -0.134. The van der Waals surface area contributed by atoms with E-state index in [0.717, 1.165) is 12.0 Å². The number of carbonyl (C=O) groups is 2. The summed E-state index contributed by atoms with van der Waals surface area (Å²) in [5.41, 5.74) is 1.25. The maximum atomic E-state index is 13.2. The largest absolute Gasteiger partial charge is 0.496 e. The van der Waals surface area contributed by atoms with Gasteiger partial charge in [-0.05, 0) is 30.4 Å². The van der Waals surface area contributed by atoms with Crippen molar-refractivity contribution in [2.24, 2.45) is 5.92 Å². The van der Waals surface area contributed by atoms with Gasteiger partial charge >= 0.3 is 11.9 Å². The van der Waals surface area contributed by atoms with Crippen molar-refractivity contribution >= 4 is 11.9 Å². The second-order valence-electron chi connectivity index (χ2n) is 7.42. The van der Waals surface area contributed by atoms with Gasteiger partial charge in [-0.25, -0.2) is 9.59 Å². The predicted octanol–water partition coefficient (Wildman–Crippen LogP) is 3.86. The quantitative estimate of drug-likeness (QED) is 0.280. The molecule has 3 atom stereocenters. The van der Waals surface area contributed by atoms with Crippen LogP contribution in [-0.2, 0) is 30.2 Å². The molecule has 170 valence electrons. The molecule has 0 N–H and O–H groups in total. The van der Waals surface area contributed by atoms with Crippen LogP contribution in [-0.4, -0.2) is 52.3 Å². The summed E-state index contributed by atoms with van der Waals surface area (Å²) >= 11 is 0. The predicted molar refractivity (Wildman–Crippen MR) is 116 cm³/mol. The Kier molecular flexibility index (Phi) is 10.3. The zero-order valence-corrected chi connectivity index (χ0v) is 18.7. The summed E-state index contributed by atoms with van der Waals surface area (Å²) in [5, 5.41) is 0. The van der Waals surface area contributed by atoms with Crippen LogP contribution >= 0.6 is 0 Å². The standard InChI is InChI=1S/C24H32O7/c1-17-9-5-6-10-18-11-7-13-20(28-3)23(18)24(26)31-19(12-8-14-22(25)29-4)15-21(17)30-16-27-2/h5-8,11,13-14,17,19,21H,9-10,12,15-16H2,1-4H3/b6-5+,14-8+/t17-,19-,21+/m0/s1. The van der Waals surface area contributed by atoms with Gasteiger partial charge in [-0.2, -0.15) is 0 Å². The monoisotopic (exact) mass is 432 g/mol. The number of methoxy groups -OCH3 is 3. The molecular formula is C24H32O7. The molecule has 2 rings (SSSR count). The lowest BCUT2D eigenvalue weighted by Crippen LogP contribution is -2.31. The molecule has 0 saturated heterocycles. The maximum Gasteiger partial charge on any atom is 0.342 e. The lowest BCUT2D eigenvalue weighted by atomic mass is 9.93. The molecule has 0 unspecified atom stereocenters. The van der Waals surface area contributed by atoms with E-state index in [4.69, 9.17) is 18.9 Å². The number of benzene rings is 1. The summed E-state index contributed by atoms with van der Waals surface area (Å²) in [6.45, 7) is 2.24. The van der Waals surface area contributed by atoms with Crippen LogP contribution in [0.5, 0.6) is 5.75 Å². The molecule has 0 saturated carbocycles. The van der Waals surface area contributed by atoms with Crippen LogP contribution in [0.25, 0.3) is 0 Å². The van der Waals surface area contributed by atoms with Crippen LogP contribution in [0, 0.1) is 5.92 Å². The molecule has 31 heavy (non-hydrogen) atoms. The van der Waals surface area contributed by atoms with Gasteiger partial charge in [0, 0.05) is 26.0 Å². The molecule has 1 aromatic rings. The van der Waals surface area contributed by atoms with Crippen LogP contribution in [0.4, 0.5) is 0 Å². The van der Waals surface area contributed by atoms with Gasteiger partial charge in [0.1, 0.15) is 24.2 Å². The lowest BCUT2D eigenvalue weighted by Gasteiger charge is -2.28. The highest BCUT2D eigenvalue weighted by Crippen LogP contribution is 2.28. The number of hydrogen-bond donors (Lipinski definition) is 0. The van der Waals surface area contributed by atoms with E-state index in [9.17, 15) is 9.59 Å². The molecular weight excluding hydrogens is 400 g/mol. The zero-order chi connectivity index (χ0) is 22.6. The highest BCUT2D eigenvalue weighted by Gasteiger charge is 2.27. The van der Waals surface area contributed by atoms with Gasteiger partial charge in [-0.1, -0.05) is 37.3 Å². The van der Waals surface area contributed by atoms with E-state index < -0.39 is 18.0 Å². The number of cyclic esters (lactones) is 1. The summed E-state index contributed by atoms with van der Waals surface area (Å²) in [4.78, 5) is 24.6. The summed E-state index contributed by atoms with van der Waals surface area (Å²) < 4.78 is 26.9. The molecule has 0 bridgehead atoms. The number of hydrogen-bond acceptors (Lipinski definition) is 7. The van der Waals surface area contributed by atoms with Crippen molar-refractivity contribution in [3.63, 3.8) is 0 Å². The van der Waals surface area contributed by atoms with E-state index >= 15 is 0 Å². The Bertz CT molecular complexity index is 784. The third-order valence-electron chi connectivity index (χ3n) is 5.21. The maximum absolute atomic E-state index is 13.2. The summed E-state index contributed by atoms with van der Waals surface area (Å²) in [5.74, 6) is -0.271. The molecule has 7 nitrogen and oxygen atoms in total. The van der Waals surface area contributed by atoms with E-state index in [1.54, 1.807) is 19.3 Å². The van der Waals surface area contributed by atoms with Crippen molar-refractivity contribution in [2.75, 3.05) is 28.1 Å². The summed E-state index contributed by atoms with van der Waals surface area (Å²) in [6, 6.07) is 5.50. The van der Waals surface area contributed by atoms with Gasteiger partial charge < -0.3 is 23.7 Å². The van der Waals surface area contributed by atoms with Gasteiger partial charge in [0.15, 0.2) is 0 Å². The Hall–Kier alpha value is -2.64. The molecule has 1 aromatic carbocycles. The Morgan fingerprint density at radius 1 is 1.23 bits per heavy atom. The minimum atomic E-state index is -0.501.